The first-order valence-corrected chi connectivity index (χ1v) is 8.76. The van der Waals surface area contributed by atoms with Crippen molar-refractivity contribution in [2.24, 2.45) is 0 Å². The van der Waals surface area contributed by atoms with Crippen LogP contribution in [0.4, 0.5) is 0 Å². The molecule has 1 fully saturated rings. The number of amides is 1. The first kappa shape index (κ1) is 15.3. The van der Waals surface area contributed by atoms with E-state index in [1.807, 2.05) is 19.1 Å². The molecule has 124 valence electrons. The summed E-state index contributed by atoms with van der Waals surface area (Å²) in [7, 11) is 0. The van der Waals surface area contributed by atoms with E-state index in [2.05, 4.69) is 10.3 Å². The van der Waals surface area contributed by atoms with E-state index >= 15 is 0 Å². The molecule has 24 heavy (non-hydrogen) atoms. The zero-order chi connectivity index (χ0) is 16.7. The number of carbonyl (C=O) groups excluding carboxylic acids is 1. The van der Waals surface area contributed by atoms with Crippen LogP contribution in [0.25, 0.3) is 15.9 Å². The van der Waals surface area contributed by atoms with Crippen LogP contribution in [-0.4, -0.2) is 34.5 Å². The Kier molecular flexibility index (Phi) is 3.82. The van der Waals surface area contributed by atoms with Crippen molar-refractivity contribution in [2.45, 2.75) is 25.9 Å². The number of nitrogens with zero attached hydrogens (tertiary/aromatic N) is 2. The molecular weight excluding hydrogens is 326 g/mol. The maximum atomic E-state index is 12.6. The smallest absolute Gasteiger partial charge is 0.266 e. The van der Waals surface area contributed by atoms with Crippen LogP contribution < -0.4 is 10.9 Å². The fraction of sp³-hybridized carbons (Fsp3) is 0.353. The third kappa shape index (κ3) is 2.59. The van der Waals surface area contributed by atoms with Crippen molar-refractivity contribution >= 4 is 33.1 Å². The fourth-order valence-electron chi connectivity index (χ4n) is 2.97. The molecule has 0 saturated carbocycles. The summed E-state index contributed by atoms with van der Waals surface area (Å²) in [5.74, 6) is -0.182. The van der Waals surface area contributed by atoms with E-state index in [0.29, 0.717) is 27.3 Å². The van der Waals surface area contributed by atoms with E-state index in [-0.39, 0.29) is 17.6 Å². The summed E-state index contributed by atoms with van der Waals surface area (Å²) in [6.45, 7) is 3.17. The molecule has 3 aromatic rings. The molecule has 0 unspecified atom stereocenters. The van der Waals surface area contributed by atoms with Gasteiger partial charge in [0, 0.05) is 19.3 Å². The number of pyridine rings is 1. The average molecular weight is 343 g/mol. The predicted molar refractivity (Wildman–Crippen MR) is 92.9 cm³/mol. The largest absolute Gasteiger partial charge is 0.376 e. The van der Waals surface area contributed by atoms with Crippen LogP contribution in [-0.2, 0) is 4.74 Å². The molecule has 0 aliphatic carbocycles. The lowest BCUT2D eigenvalue weighted by atomic mass is 10.2. The lowest BCUT2D eigenvalue weighted by Gasteiger charge is -2.09. The van der Waals surface area contributed by atoms with Crippen LogP contribution in [0.5, 0.6) is 0 Å². The van der Waals surface area contributed by atoms with Crippen molar-refractivity contribution in [3.8, 4) is 0 Å². The number of fused-ring (bicyclic) bond motifs is 2. The van der Waals surface area contributed by atoms with Crippen molar-refractivity contribution in [3.63, 3.8) is 0 Å². The third-order valence-corrected chi connectivity index (χ3v) is 5.30. The van der Waals surface area contributed by atoms with E-state index in [1.165, 1.54) is 15.7 Å². The molecule has 0 spiro atoms. The highest BCUT2D eigenvalue weighted by atomic mass is 32.1. The van der Waals surface area contributed by atoms with E-state index < -0.39 is 0 Å². The first-order chi connectivity index (χ1) is 11.6. The molecule has 0 bridgehead atoms. The van der Waals surface area contributed by atoms with Gasteiger partial charge in [0.2, 0.25) is 0 Å². The second-order valence-corrected chi connectivity index (χ2v) is 7.01. The lowest BCUT2D eigenvalue weighted by Crippen LogP contribution is -2.31. The predicted octanol–water partition coefficient (Wildman–Crippen LogP) is 2.13. The zero-order valence-electron chi connectivity index (χ0n) is 13.2. The molecule has 1 atom stereocenters. The summed E-state index contributed by atoms with van der Waals surface area (Å²) in [5.41, 5.74) is 1.41. The van der Waals surface area contributed by atoms with Gasteiger partial charge in [-0.3, -0.25) is 14.0 Å². The van der Waals surface area contributed by atoms with E-state index in [4.69, 9.17) is 4.74 Å². The Bertz CT molecular complexity index is 986. The third-order valence-electron chi connectivity index (χ3n) is 4.27. The van der Waals surface area contributed by atoms with Gasteiger partial charge in [-0.15, -0.1) is 11.3 Å². The summed E-state index contributed by atoms with van der Waals surface area (Å²) < 4.78 is 7.03. The number of nitrogens with one attached hydrogen (secondary N) is 1. The first-order valence-electron chi connectivity index (χ1n) is 7.95. The maximum absolute atomic E-state index is 12.6. The summed E-state index contributed by atoms with van der Waals surface area (Å²) in [4.78, 5) is 30.6. The van der Waals surface area contributed by atoms with Gasteiger partial charge in [0.05, 0.1) is 16.4 Å². The molecule has 4 rings (SSSR count). The minimum Gasteiger partial charge on any atom is -0.376 e. The zero-order valence-corrected chi connectivity index (χ0v) is 14.1. The van der Waals surface area contributed by atoms with Gasteiger partial charge in [-0.05, 0) is 37.5 Å². The summed E-state index contributed by atoms with van der Waals surface area (Å²) in [6, 6.07) is 5.37. The maximum Gasteiger partial charge on any atom is 0.266 e. The normalized spacial score (nSPS) is 17.6. The van der Waals surface area contributed by atoms with Gasteiger partial charge in [-0.25, -0.2) is 4.98 Å². The Labute approximate surface area is 142 Å². The van der Waals surface area contributed by atoms with E-state index in [0.717, 1.165) is 25.0 Å². The molecule has 3 aromatic heterocycles. The highest BCUT2D eigenvalue weighted by Crippen LogP contribution is 2.23. The second kappa shape index (κ2) is 5.99. The molecule has 1 amide bonds. The summed E-state index contributed by atoms with van der Waals surface area (Å²) >= 11 is 1.25. The van der Waals surface area contributed by atoms with E-state index in [9.17, 15) is 9.59 Å². The Balaban J connectivity index is 1.68. The molecule has 6 nitrogen and oxygen atoms in total. The van der Waals surface area contributed by atoms with Gasteiger partial charge in [0.25, 0.3) is 11.5 Å². The van der Waals surface area contributed by atoms with Crippen molar-refractivity contribution < 1.29 is 9.53 Å². The number of ether oxygens (including phenoxy) is 1. The number of hydrogen-bond acceptors (Lipinski definition) is 5. The molecule has 0 aromatic carbocycles. The van der Waals surface area contributed by atoms with Crippen LogP contribution in [0.2, 0.25) is 0 Å². The number of rotatable bonds is 3. The van der Waals surface area contributed by atoms with Crippen molar-refractivity contribution in [1.29, 1.82) is 0 Å². The standard InChI is InChI=1S/C17H17N3O3S/c1-10-4-2-6-20-14(10)19-16-12(17(20)22)8-13(24-16)15(21)18-9-11-5-3-7-23-11/h2,4,6,8,11H,3,5,7,9H2,1H3,(H,18,21)/t11-/m0/s1. The number of carbonyl (C=O) groups is 1. The Morgan fingerprint density at radius 3 is 3.21 bits per heavy atom. The van der Waals surface area contributed by atoms with Crippen LogP contribution in [0.1, 0.15) is 28.1 Å². The minimum atomic E-state index is -0.182. The van der Waals surface area contributed by atoms with Gasteiger partial charge in [-0.2, -0.15) is 0 Å². The van der Waals surface area contributed by atoms with E-state index in [1.54, 1.807) is 12.3 Å². The average Bonchev–Trinajstić information content (AvgIpc) is 3.23. The Hall–Kier alpha value is -2.25. The van der Waals surface area contributed by atoms with Gasteiger partial charge in [-0.1, -0.05) is 6.07 Å². The highest BCUT2D eigenvalue weighted by molar-refractivity contribution is 7.20. The molecule has 0 radical (unpaired) electrons. The lowest BCUT2D eigenvalue weighted by molar-refractivity contribution is 0.0861. The van der Waals surface area contributed by atoms with Crippen molar-refractivity contribution in [2.75, 3.05) is 13.2 Å². The quantitative estimate of drug-likeness (QED) is 0.791. The van der Waals surface area contributed by atoms with Gasteiger partial charge < -0.3 is 10.1 Å². The molecule has 1 saturated heterocycles. The molecule has 1 aliphatic rings. The Morgan fingerprint density at radius 2 is 2.42 bits per heavy atom. The SMILES string of the molecule is Cc1cccn2c(=O)c3cc(C(=O)NC[C@@H]4CCCO4)sc3nc12. The topological polar surface area (TPSA) is 72.7 Å². The summed E-state index contributed by atoms with van der Waals surface area (Å²) in [6.07, 6.45) is 3.81. The van der Waals surface area contributed by atoms with Gasteiger partial charge in [0.1, 0.15) is 10.5 Å². The van der Waals surface area contributed by atoms with Gasteiger partial charge in [0.15, 0.2) is 0 Å². The molecule has 1 aliphatic heterocycles. The highest BCUT2D eigenvalue weighted by Gasteiger charge is 2.19. The number of thiophene rings is 1. The fourth-order valence-corrected chi connectivity index (χ4v) is 3.91. The second-order valence-electron chi connectivity index (χ2n) is 5.98. The van der Waals surface area contributed by atoms with Crippen LogP contribution >= 0.6 is 11.3 Å². The molecular formula is C17H17N3O3S. The van der Waals surface area contributed by atoms with Gasteiger partial charge >= 0.3 is 0 Å². The number of aromatic nitrogens is 2. The summed E-state index contributed by atoms with van der Waals surface area (Å²) in [5, 5.41) is 3.36. The van der Waals surface area contributed by atoms with Crippen LogP contribution in [0, 0.1) is 6.92 Å². The molecule has 4 heterocycles. The molecule has 7 heteroatoms. The monoisotopic (exact) mass is 343 g/mol. The van der Waals surface area contributed by atoms with Crippen molar-refractivity contribution in [1.82, 2.24) is 14.7 Å². The van der Waals surface area contributed by atoms with Crippen LogP contribution in [0.3, 0.4) is 0 Å². The minimum absolute atomic E-state index is 0.0947. The van der Waals surface area contributed by atoms with Crippen LogP contribution in [0.15, 0.2) is 29.2 Å². The van der Waals surface area contributed by atoms with Crippen molar-refractivity contribution in [3.05, 3.63) is 45.2 Å². The Morgan fingerprint density at radius 1 is 1.54 bits per heavy atom. The number of hydrogen-bond donors (Lipinski definition) is 1. The number of aryl methyl sites for hydroxylation is 1. The molecule has 1 N–H and O–H groups in total.